The minimum absolute atomic E-state index is 0.0182. The normalized spacial score (nSPS) is 13.5. The molecule has 4 heteroatoms. The van der Waals surface area contributed by atoms with Crippen LogP contribution in [0.5, 0.6) is 0 Å². The van der Waals surface area contributed by atoms with E-state index >= 15 is 0 Å². The van der Waals surface area contributed by atoms with Crippen LogP contribution < -0.4 is 15.9 Å². The van der Waals surface area contributed by atoms with Crippen molar-refractivity contribution in [3.63, 3.8) is 0 Å². The van der Waals surface area contributed by atoms with Gasteiger partial charge in [0.2, 0.25) is 0 Å². The monoisotopic (exact) mass is 384 g/mol. The molecule has 0 spiro atoms. The fraction of sp³-hybridized carbons (Fsp3) is 0.182. The van der Waals surface area contributed by atoms with Gasteiger partial charge in [-0.15, -0.1) is 0 Å². The topological polar surface area (TPSA) is 29.5 Å². The zero-order valence-corrected chi connectivity index (χ0v) is 17.1. The second kappa shape index (κ2) is 8.89. The number of hydrogen-bond donors (Lipinski definition) is 1. The van der Waals surface area contributed by atoms with Crippen LogP contribution in [0.3, 0.4) is 0 Å². The third-order valence-corrected chi connectivity index (χ3v) is 11.9. The molecule has 1 atom stereocenters. The van der Waals surface area contributed by atoms with Gasteiger partial charge in [0.15, 0.2) is 0 Å². The van der Waals surface area contributed by atoms with E-state index in [1.54, 1.807) is 0 Å². The van der Waals surface area contributed by atoms with Crippen molar-refractivity contribution in [2.75, 3.05) is 6.61 Å². The molecule has 0 saturated carbocycles. The van der Waals surface area contributed by atoms with Gasteiger partial charge < -0.3 is 0 Å². The summed E-state index contributed by atoms with van der Waals surface area (Å²) in [6.45, 7) is 4.62. The molecule has 0 aromatic heterocycles. The third kappa shape index (κ3) is 4.05. The molecule has 0 amide bonds. The first-order chi connectivity index (χ1) is 12.7. The standard InChI is InChI=1S/C22H26O2P2/c1-3-24-26(23,22-17-11-6-12-18-22)19(2)25(20-13-7-4-8-14-20)21-15-9-5-10-16-21/h4-19,23,26H,3H2,1-2H3. The second-order valence-electron chi connectivity index (χ2n) is 6.21. The maximum absolute atomic E-state index is 11.8. The summed E-state index contributed by atoms with van der Waals surface area (Å²) in [5.41, 5.74) is 0. The molecule has 0 aliphatic heterocycles. The summed E-state index contributed by atoms with van der Waals surface area (Å²) in [6, 6.07) is 31.0. The number of benzene rings is 3. The minimum atomic E-state index is -3.13. The van der Waals surface area contributed by atoms with Gasteiger partial charge in [-0.3, -0.25) is 0 Å². The van der Waals surface area contributed by atoms with E-state index < -0.39 is 15.6 Å². The van der Waals surface area contributed by atoms with Gasteiger partial charge in [-0.2, -0.15) is 0 Å². The van der Waals surface area contributed by atoms with Crippen LogP contribution in [-0.2, 0) is 4.52 Å². The molecule has 1 unspecified atom stereocenters. The Hall–Kier alpha value is -1.56. The van der Waals surface area contributed by atoms with Crippen molar-refractivity contribution in [1.29, 1.82) is 0 Å². The van der Waals surface area contributed by atoms with E-state index in [1.165, 1.54) is 10.6 Å². The van der Waals surface area contributed by atoms with Crippen LogP contribution in [0.1, 0.15) is 13.8 Å². The average Bonchev–Trinajstić information content (AvgIpc) is 2.70. The van der Waals surface area contributed by atoms with Crippen molar-refractivity contribution < 1.29 is 9.42 Å². The van der Waals surface area contributed by atoms with Gasteiger partial charge in [0.1, 0.15) is 0 Å². The van der Waals surface area contributed by atoms with E-state index in [9.17, 15) is 4.89 Å². The Bertz CT molecular complexity index is 757. The van der Waals surface area contributed by atoms with Crippen molar-refractivity contribution in [3.8, 4) is 0 Å². The second-order valence-corrected chi connectivity index (χ2v) is 12.4. The summed E-state index contributed by atoms with van der Waals surface area (Å²) in [6.07, 6.45) is 0. The predicted octanol–water partition coefficient (Wildman–Crippen LogP) is 4.40. The molecule has 3 aromatic carbocycles. The molecule has 3 aromatic rings. The molecule has 2 nitrogen and oxygen atoms in total. The van der Waals surface area contributed by atoms with Gasteiger partial charge in [-0.05, 0) is 0 Å². The van der Waals surface area contributed by atoms with Gasteiger partial charge in [-0.1, -0.05) is 0 Å². The molecule has 136 valence electrons. The SMILES string of the molecule is CCO[PH](O)(c1ccccc1)C(C)P(c1ccccc1)c1ccccc1. The molecule has 1 N–H and O–H groups in total. The van der Waals surface area contributed by atoms with Gasteiger partial charge in [0, 0.05) is 0 Å². The molecular formula is C22H26O2P2. The Kier molecular flexibility index (Phi) is 6.57. The summed E-state index contributed by atoms with van der Waals surface area (Å²) in [5.74, 6) is 0. The van der Waals surface area contributed by atoms with Gasteiger partial charge in [-0.25, -0.2) is 0 Å². The fourth-order valence-electron chi connectivity index (χ4n) is 3.29. The molecule has 0 fully saturated rings. The van der Waals surface area contributed by atoms with Crippen molar-refractivity contribution in [3.05, 3.63) is 91.0 Å². The maximum atomic E-state index is 11.8. The summed E-state index contributed by atoms with van der Waals surface area (Å²) in [5, 5.41) is 3.49. The first kappa shape index (κ1) is 19.2. The third-order valence-electron chi connectivity index (χ3n) is 4.57. The molecule has 0 aliphatic carbocycles. The Morgan fingerprint density at radius 1 is 0.808 bits per heavy atom. The summed E-state index contributed by atoms with van der Waals surface area (Å²) in [7, 11) is -3.88. The molecule has 0 heterocycles. The van der Waals surface area contributed by atoms with E-state index in [0.717, 1.165) is 5.30 Å². The van der Waals surface area contributed by atoms with Crippen LogP contribution in [0.15, 0.2) is 91.0 Å². The Morgan fingerprint density at radius 2 is 1.23 bits per heavy atom. The van der Waals surface area contributed by atoms with E-state index in [-0.39, 0.29) is 5.40 Å². The zero-order valence-electron chi connectivity index (χ0n) is 15.2. The van der Waals surface area contributed by atoms with Crippen LogP contribution in [0.4, 0.5) is 0 Å². The quantitative estimate of drug-likeness (QED) is 0.612. The van der Waals surface area contributed by atoms with Crippen LogP contribution in [-0.4, -0.2) is 16.9 Å². The first-order valence-corrected chi connectivity index (χ1v) is 12.3. The molecule has 0 radical (unpaired) electrons. The van der Waals surface area contributed by atoms with Crippen molar-refractivity contribution in [2.24, 2.45) is 0 Å². The molecule has 26 heavy (non-hydrogen) atoms. The summed E-state index contributed by atoms with van der Waals surface area (Å²) in [4.78, 5) is 11.8. The van der Waals surface area contributed by atoms with Crippen LogP contribution in [0.25, 0.3) is 0 Å². The molecule has 0 bridgehead atoms. The van der Waals surface area contributed by atoms with Crippen LogP contribution in [0, 0.1) is 0 Å². The van der Waals surface area contributed by atoms with Gasteiger partial charge in [0.25, 0.3) is 0 Å². The Balaban J connectivity index is 2.10. The molecule has 0 aliphatic rings. The van der Waals surface area contributed by atoms with Crippen molar-refractivity contribution in [1.82, 2.24) is 0 Å². The van der Waals surface area contributed by atoms with Crippen molar-refractivity contribution in [2.45, 2.75) is 19.2 Å². The predicted molar refractivity (Wildman–Crippen MR) is 117 cm³/mol. The fourth-order valence-corrected chi connectivity index (χ4v) is 10.4. The molecule has 0 saturated heterocycles. The van der Waals surface area contributed by atoms with E-state index in [1.807, 2.05) is 49.4 Å². The van der Waals surface area contributed by atoms with Gasteiger partial charge >= 0.3 is 158 Å². The number of hydrogen-bond acceptors (Lipinski definition) is 2. The van der Waals surface area contributed by atoms with E-state index in [0.29, 0.717) is 6.61 Å². The average molecular weight is 384 g/mol. The molecular weight excluding hydrogens is 358 g/mol. The number of rotatable bonds is 7. The van der Waals surface area contributed by atoms with Crippen LogP contribution in [0.2, 0.25) is 0 Å². The summed E-state index contributed by atoms with van der Waals surface area (Å²) >= 11 is 0. The summed E-state index contributed by atoms with van der Waals surface area (Å²) < 4.78 is 6.11. The van der Waals surface area contributed by atoms with Crippen molar-refractivity contribution >= 4 is 31.6 Å². The zero-order chi connectivity index (χ0) is 18.4. The van der Waals surface area contributed by atoms with Gasteiger partial charge in [0.05, 0.1) is 0 Å². The molecule has 3 rings (SSSR count). The van der Waals surface area contributed by atoms with Crippen LogP contribution >= 0.6 is 15.6 Å². The first-order valence-electron chi connectivity index (χ1n) is 8.98. The Morgan fingerprint density at radius 3 is 1.65 bits per heavy atom. The Labute approximate surface area is 158 Å². The van der Waals surface area contributed by atoms with E-state index in [2.05, 4.69) is 55.5 Å². The van der Waals surface area contributed by atoms with E-state index in [4.69, 9.17) is 4.52 Å².